The van der Waals surface area contributed by atoms with Crippen molar-refractivity contribution < 1.29 is 13.9 Å². The van der Waals surface area contributed by atoms with Crippen LogP contribution in [0.3, 0.4) is 0 Å². The number of hydrogen-bond donors (Lipinski definition) is 1. The van der Waals surface area contributed by atoms with E-state index in [1.165, 1.54) is 23.9 Å². The Morgan fingerprint density at radius 3 is 2.74 bits per heavy atom. The molecule has 34 heavy (non-hydrogen) atoms. The number of nitrogens with zero attached hydrogens (tertiary/aromatic N) is 6. The van der Waals surface area contributed by atoms with Gasteiger partial charge in [0, 0.05) is 25.3 Å². The summed E-state index contributed by atoms with van der Waals surface area (Å²) in [6, 6.07) is 8.22. The first-order valence-electron chi connectivity index (χ1n) is 11.0. The maximum atomic E-state index is 13.9. The molecule has 11 heteroatoms. The molecule has 1 N–H and O–H groups in total. The lowest BCUT2D eigenvalue weighted by Crippen LogP contribution is -2.38. The molecular weight excluding hydrogens is 457 g/mol. The number of ether oxygens (including phenoxy) is 1. The standard InChI is InChI=1S/C23H26FN7O2S/c1-4-30-22(29-8-10-33-11-9-29)27-28-23(30)34-14-20(32)26-21-19(13-25)15(2)16(3)31(21)18-7-5-6-17(24)12-18/h5-7,12H,4,8-11,14H2,1-3H3,(H,26,32). The minimum atomic E-state index is -0.399. The molecule has 3 heterocycles. The summed E-state index contributed by atoms with van der Waals surface area (Å²) in [5.41, 5.74) is 2.37. The molecule has 4 rings (SSSR count). The lowest BCUT2D eigenvalue weighted by atomic mass is 10.2. The van der Waals surface area contributed by atoms with Gasteiger partial charge in [-0.1, -0.05) is 17.8 Å². The first-order valence-corrected chi connectivity index (χ1v) is 12.0. The normalized spacial score (nSPS) is 13.7. The average molecular weight is 484 g/mol. The van der Waals surface area contributed by atoms with Gasteiger partial charge in [-0.05, 0) is 44.5 Å². The summed E-state index contributed by atoms with van der Waals surface area (Å²) in [5, 5.41) is 21.8. The molecule has 1 aliphatic heterocycles. The number of carbonyl (C=O) groups is 1. The maximum Gasteiger partial charge on any atom is 0.236 e. The summed E-state index contributed by atoms with van der Waals surface area (Å²) in [6.45, 7) is 9.11. The third-order valence-corrected chi connectivity index (χ3v) is 6.76. The summed E-state index contributed by atoms with van der Waals surface area (Å²) in [4.78, 5) is 15.0. The molecule has 9 nitrogen and oxygen atoms in total. The van der Waals surface area contributed by atoms with Crippen LogP contribution in [0.2, 0.25) is 0 Å². The summed E-state index contributed by atoms with van der Waals surface area (Å²) in [7, 11) is 0. The van der Waals surface area contributed by atoms with E-state index in [0.29, 0.717) is 42.0 Å². The van der Waals surface area contributed by atoms with Crippen molar-refractivity contribution in [3.05, 3.63) is 46.9 Å². The van der Waals surface area contributed by atoms with Crippen LogP contribution in [0, 0.1) is 31.0 Å². The zero-order chi connectivity index (χ0) is 24.2. The van der Waals surface area contributed by atoms with E-state index < -0.39 is 5.82 Å². The van der Waals surface area contributed by atoms with Crippen molar-refractivity contribution in [2.75, 3.05) is 42.3 Å². The molecule has 0 bridgehead atoms. The van der Waals surface area contributed by atoms with Crippen molar-refractivity contribution in [1.29, 1.82) is 5.26 Å². The van der Waals surface area contributed by atoms with Gasteiger partial charge < -0.3 is 15.0 Å². The van der Waals surface area contributed by atoms with Crippen molar-refractivity contribution in [3.63, 3.8) is 0 Å². The van der Waals surface area contributed by atoms with Crippen LogP contribution >= 0.6 is 11.8 Å². The summed E-state index contributed by atoms with van der Waals surface area (Å²) < 4.78 is 23.0. The number of morpholine rings is 1. The predicted molar refractivity (Wildman–Crippen MR) is 128 cm³/mol. The monoisotopic (exact) mass is 483 g/mol. The van der Waals surface area contributed by atoms with Crippen molar-refractivity contribution in [2.24, 2.45) is 0 Å². The molecule has 1 saturated heterocycles. The predicted octanol–water partition coefficient (Wildman–Crippen LogP) is 3.28. The fraction of sp³-hybridized carbons (Fsp3) is 0.391. The highest BCUT2D eigenvalue weighted by Crippen LogP contribution is 2.31. The number of halogens is 1. The van der Waals surface area contributed by atoms with Crippen LogP contribution in [-0.2, 0) is 16.1 Å². The van der Waals surface area contributed by atoms with Gasteiger partial charge in [0.05, 0.1) is 30.2 Å². The average Bonchev–Trinajstić information content (AvgIpc) is 3.36. The van der Waals surface area contributed by atoms with Crippen LogP contribution in [0.5, 0.6) is 0 Å². The van der Waals surface area contributed by atoms with E-state index in [1.54, 1.807) is 16.7 Å². The summed E-state index contributed by atoms with van der Waals surface area (Å²) in [6.07, 6.45) is 0. The van der Waals surface area contributed by atoms with Gasteiger partial charge >= 0.3 is 0 Å². The molecule has 3 aromatic rings. The Kier molecular flexibility index (Phi) is 7.19. The highest BCUT2D eigenvalue weighted by molar-refractivity contribution is 7.99. The molecule has 1 fully saturated rings. The van der Waals surface area contributed by atoms with E-state index in [2.05, 4.69) is 26.5 Å². The van der Waals surface area contributed by atoms with Crippen molar-refractivity contribution in [3.8, 4) is 11.8 Å². The largest absolute Gasteiger partial charge is 0.378 e. The van der Waals surface area contributed by atoms with Crippen LogP contribution in [0.15, 0.2) is 29.4 Å². The molecular formula is C23H26FN7O2S. The van der Waals surface area contributed by atoms with Crippen molar-refractivity contribution in [2.45, 2.75) is 32.5 Å². The fourth-order valence-corrected chi connectivity index (χ4v) is 4.76. The van der Waals surface area contributed by atoms with Gasteiger partial charge in [0.1, 0.15) is 17.7 Å². The Labute approximate surface area is 201 Å². The maximum absolute atomic E-state index is 13.9. The van der Waals surface area contributed by atoms with Crippen LogP contribution in [0.1, 0.15) is 23.7 Å². The number of thioether (sulfide) groups is 1. The number of carbonyl (C=O) groups excluding carboxylic acids is 1. The second-order valence-electron chi connectivity index (χ2n) is 7.82. The lowest BCUT2D eigenvalue weighted by Gasteiger charge is -2.27. The van der Waals surface area contributed by atoms with E-state index in [4.69, 9.17) is 4.74 Å². The summed E-state index contributed by atoms with van der Waals surface area (Å²) in [5.74, 6) is 0.490. The molecule has 2 aromatic heterocycles. The van der Waals surface area contributed by atoms with Gasteiger partial charge in [-0.25, -0.2) is 4.39 Å². The minimum absolute atomic E-state index is 0.0819. The van der Waals surface area contributed by atoms with E-state index in [-0.39, 0.29) is 11.7 Å². The Bertz CT molecular complexity index is 1240. The van der Waals surface area contributed by atoms with Gasteiger partial charge in [-0.2, -0.15) is 5.26 Å². The van der Waals surface area contributed by atoms with Crippen LogP contribution in [-0.4, -0.2) is 57.3 Å². The molecule has 178 valence electrons. The molecule has 0 radical (unpaired) electrons. The third kappa shape index (κ3) is 4.64. The Balaban J connectivity index is 1.54. The number of rotatable bonds is 7. The van der Waals surface area contributed by atoms with Gasteiger partial charge in [-0.15, -0.1) is 10.2 Å². The first-order chi connectivity index (χ1) is 16.4. The van der Waals surface area contributed by atoms with E-state index in [9.17, 15) is 14.4 Å². The number of benzene rings is 1. The van der Waals surface area contributed by atoms with Gasteiger partial charge in [0.15, 0.2) is 5.16 Å². The number of hydrogen-bond acceptors (Lipinski definition) is 7. The second-order valence-corrected chi connectivity index (χ2v) is 8.77. The second kappa shape index (κ2) is 10.3. The quantitative estimate of drug-likeness (QED) is 0.515. The van der Waals surface area contributed by atoms with Crippen LogP contribution in [0.4, 0.5) is 16.2 Å². The Hall–Kier alpha value is -3.36. The van der Waals surface area contributed by atoms with Gasteiger partial charge in [-0.3, -0.25) is 13.9 Å². The van der Waals surface area contributed by atoms with E-state index >= 15 is 0 Å². The highest BCUT2D eigenvalue weighted by Gasteiger charge is 2.23. The SMILES string of the molecule is CCn1c(SCC(=O)Nc2c(C#N)c(C)c(C)n2-c2cccc(F)c2)nnc1N1CCOCC1. The van der Waals surface area contributed by atoms with Crippen LogP contribution < -0.4 is 10.2 Å². The lowest BCUT2D eigenvalue weighted by molar-refractivity contribution is -0.113. The van der Waals surface area contributed by atoms with Gasteiger partial charge in [0.25, 0.3) is 0 Å². The first kappa shape index (κ1) is 23.8. The van der Waals surface area contributed by atoms with Crippen molar-refractivity contribution >= 4 is 29.4 Å². The number of nitriles is 1. The number of nitrogens with one attached hydrogen (secondary N) is 1. The number of anilines is 2. The van der Waals surface area contributed by atoms with Crippen LogP contribution in [0.25, 0.3) is 5.69 Å². The molecule has 0 spiro atoms. The van der Waals surface area contributed by atoms with Crippen molar-refractivity contribution in [1.82, 2.24) is 19.3 Å². The zero-order valence-electron chi connectivity index (χ0n) is 19.3. The van der Waals surface area contributed by atoms with Gasteiger partial charge in [0.2, 0.25) is 11.9 Å². The smallest absolute Gasteiger partial charge is 0.236 e. The Morgan fingerprint density at radius 1 is 1.29 bits per heavy atom. The molecule has 1 aliphatic rings. The highest BCUT2D eigenvalue weighted by atomic mass is 32.2. The number of aromatic nitrogens is 4. The summed E-state index contributed by atoms with van der Waals surface area (Å²) >= 11 is 1.28. The minimum Gasteiger partial charge on any atom is -0.378 e. The number of amides is 1. The zero-order valence-corrected chi connectivity index (χ0v) is 20.2. The molecule has 0 aliphatic carbocycles. The molecule has 0 unspecified atom stereocenters. The molecule has 1 amide bonds. The third-order valence-electron chi connectivity index (χ3n) is 5.79. The molecule has 0 atom stereocenters. The fourth-order valence-electron chi connectivity index (χ4n) is 3.96. The van der Waals surface area contributed by atoms with E-state index in [1.807, 2.05) is 25.3 Å². The molecule has 0 saturated carbocycles. The Morgan fingerprint density at radius 2 is 2.06 bits per heavy atom. The topological polar surface area (TPSA) is 101 Å². The molecule has 1 aromatic carbocycles. The van der Waals surface area contributed by atoms with E-state index in [0.717, 1.165) is 30.3 Å².